The highest BCUT2D eigenvalue weighted by atomic mass is 35.5. The molecule has 1 N–H and O–H groups in total. The molecule has 0 heterocycles. The molecule has 2 atom stereocenters. The van der Waals surface area contributed by atoms with E-state index in [2.05, 4.69) is 5.32 Å². The van der Waals surface area contributed by atoms with Crippen LogP contribution in [0.3, 0.4) is 0 Å². The second-order valence-corrected chi connectivity index (χ2v) is 4.94. The summed E-state index contributed by atoms with van der Waals surface area (Å²) in [6, 6.07) is 7.65. The molecule has 1 aromatic rings. The van der Waals surface area contributed by atoms with Crippen molar-refractivity contribution in [3.8, 4) is 0 Å². The van der Waals surface area contributed by atoms with Gasteiger partial charge in [-0.15, -0.1) is 11.6 Å². The Kier molecular flexibility index (Phi) is 4.61. The Labute approximate surface area is 112 Å². The van der Waals surface area contributed by atoms with Crippen molar-refractivity contribution in [1.29, 1.82) is 0 Å². The molecule has 2 rings (SSSR count). The van der Waals surface area contributed by atoms with Crippen LogP contribution in [0.2, 0.25) is 0 Å². The summed E-state index contributed by atoms with van der Waals surface area (Å²) in [5, 5.41) is 3.05. The van der Waals surface area contributed by atoms with Crippen LogP contribution in [0.25, 0.3) is 0 Å². The molecule has 4 heteroatoms. The average molecular weight is 268 g/mol. The molecule has 3 nitrogen and oxygen atoms in total. The van der Waals surface area contributed by atoms with Crippen molar-refractivity contribution in [2.75, 3.05) is 7.11 Å². The molecule has 0 spiro atoms. The predicted octanol–water partition coefficient (Wildman–Crippen LogP) is 2.72. The zero-order valence-corrected chi connectivity index (χ0v) is 11.2. The van der Waals surface area contributed by atoms with E-state index in [0.717, 1.165) is 24.8 Å². The highest BCUT2D eigenvalue weighted by Gasteiger charge is 2.25. The monoisotopic (exact) mass is 267 g/mol. The van der Waals surface area contributed by atoms with Crippen LogP contribution < -0.4 is 5.32 Å². The molecule has 1 aromatic carbocycles. The van der Waals surface area contributed by atoms with Gasteiger partial charge < -0.3 is 10.1 Å². The van der Waals surface area contributed by atoms with Crippen molar-refractivity contribution >= 4 is 17.5 Å². The Hall–Kier alpha value is -1.06. The van der Waals surface area contributed by atoms with Gasteiger partial charge in [-0.1, -0.05) is 12.1 Å². The van der Waals surface area contributed by atoms with Crippen LogP contribution in [0.15, 0.2) is 24.3 Å². The van der Waals surface area contributed by atoms with Crippen molar-refractivity contribution in [1.82, 2.24) is 5.32 Å². The zero-order chi connectivity index (χ0) is 13.0. The number of hydrogen-bond donors (Lipinski definition) is 1. The van der Waals surface area contributed by atoms with Crippen LogP contribution in [0.1, 0.15) is 35.2 Å². The van der Waals surface area contributed by atoms with E-state index in [0.29, 0.717) is 11.4 Å². The fraction of sp³-hybridized carbons (Fsp3) is 0.500. The van der Waals surface area contributed by atoms with E-state index < -0.39 is 0 Å². The molecule has 98 valence electrons. The minimum Gasteiger partial charge on any atom is -0.381 e. The third kappa shape index (κ3) is 3.24. The van der Waals surface area contributed by atoms with Crippen LogP contribution in [0, 0.1) is 0 Å². The van der Waals surface area contributed by atoms with Crippen LogP contribution in [-0.4, -0.2) is 25.2 Å². The molecule has 0 radical (unpaired) electrons. The molecule has 0 aromatic heterocycles. The lowest BCUT2D eigenvalue weighted by Gasteiger charge is -2.13. The second-order valence-electron chi connectivity index (χ2n) is 4.68. The highest BCUT2D eigenvalue weighted by Crippen LogP contribution is 2.21. The summed E-state index contributed by atoms with van der Waals surface area (Å²) >= 11 is 5.76. The maximum atomic E-state index is 12.1. The molecular formula is C14H18ClNO2. The third-order valence-electron chi connectivity index (χ3n) is 3.40. The number of methoxy groups -OCH3 is 1. The van der Waals surface area contributed by atoms with E-state index in [4.69, 9.17) is 16.3 Å². The third-order valence-corrected chi connectivity index (χ3v) is 3.71. The van der Waals surface area contributed by atoms with Gasteiger partial charge in [0, 0.05) is 24.6 Å². The molecule has 18 heavy (non-hydrogen) atoms. The quantitative estimate of drug-likeness (QED) is 0.852. The van der Waals surface area contributed by atoms with E-state index in [-0.39, 0.29) is 18.1 Å². The lowest BCUT2D eigenvalue weighted by molar-refractivity contribution is 0.0915. The molecule has 0 saturated heterocycles. The first kappa shape index (κ1) is 13.4. The summed E-state index contributed by atoms with van der Waals surface area (Å²) < 4.78 is 5.30. The van der Waals surface area contributed by atoms with Gasteiger partial charge in [-0.25, -0.2) is 0 Å². The molecule has 0 aliphatic heterocycles. The summed E-state index contributed by atoms with van der Waals surface area (Å²) in [5.41, 5.74) is 1.64. The molecule has 0 bridgehead atoms. The topological polar surface area (TPSA) is 38.3 Å². The standard InChI is InChI=1S/C14H18ClNO2/c1-18-13-6-5-12(8-13)16-14(17)11-4-2-3-10(7-11)9-15/h2-4,7,12-13H,5-6,8-9H2,1H3,(H,16,17). The maximum absolute atomic E-state index is 12.1. The lowest BCUT2D eigenvalue weighted by Crippen LogP contribution is -2.33. The number of hydrogen-bond acceptors (Lipinski definition) is 2. The average Bonchev–Trinajstić information content (AvgIpc) is 2.86. The first-order valence-electron chi connectivity index (χ1n) is 6.21. The van der Waals surface area contributed by atoms with Gasteiger partial charge >= 0.3 is 0 Å². The molecule has 1 aliphatic rings. The molecule has 1 aliphatic carbocycles. The Morgan fingerprint density at radius 2 is 2.33 bits per heavy atom. The fourth-order valence-electron chi connectivity index (χ4n) is 2.35. The summed E-state index contributed by atoms with van der Waals surface area (Å²) in [4.78, 5) is 12.1. The van der Waals surface area contributed by atoms with Crippen LogP contribution in [-0.2, 0) is 10.6 Å². The van der Waals surface area contributed by atoms with E-state index in [1.165, 1.54) is 0 Å². The van der Waals surface area contributed by atoms with Crippen molar-refractivity contribution < 1.29 is 9.53 Å². The smallest absolute Gasteiger partial charge is 0.251 e. The van der Waals surface area contributed by atoms with Gasteiger partial charge in [0.1, 0.15) is 0 Å². The van der Waals surface area contributed by atoms with Crippen molar-refractivity contribution in [3.05, 3.63) is 35.4 Å². The van der Waals surface area contributed by atoms with Gasteiger partial charge in [-0.3, -0.25) is 4.79 Å². The molecule has 1 fully saturated rings. The minimum absolute atomic E-state index is 0.0243. The number of halogens is 1. The van der Waals surface area contributed by atoms with Crippen LogP contribution in [0.4, 0.5) is 0 Å². The Bertz CT molecular complexity index is 422. The van der Waals surface area contributed by atoms with Gasteiger partial charge in [0.25, 0.3) is 5.91 Å². The van der Waals surface area contributed by atoms with Gasteiger partial charge in [0.2, 0.25) is 0 Å². The number of amides is 1. The largest absolute Gasteiger partial charge is 0.381 e. The summed E-state index contributed by atoms with van der Waals surface area (Å²) in [6.07, 6.45) is 3.18. The number of carbonyl (C=O) groups is 1. The van der Waals surface area contributed by atoms with E-state index >= 15 is 0 Å². The predicted molar refractivity (Wildman–Crippen MR) is 71.9 cm³/mol. The Morgan fingerprint density at radius 1 is 1.50 bits per heavy atom. The number of alkyl halides is 1. The number of rotatable bonds is 4. The fourth-order valence-corrected chi connectivity index (χ4v) is 2.52. The molecule has 1 saturated carbocycles. The van der Waals surface area contributed by atoms with Crippen molar-refractivity contribution in [3.63, 3.8) is 0 Å². The SMILES string of the molecule is COC1CCC(NC(=O)c2cccc(CCl)c2)C1. The lowest BCUT2D eigenvalue weighted by atomic mass is 10.1. The van der Waals surface area contributed by atoms with Crippen molar-refractivity contribution in [2.45, 2.75) is 37.3 Å². The molecule has 2 unspecified atom stereocenters. The van der Waals surface area contributed by atoms with E-state index in [9.17, 15) is 4.79 Å². The van der Waals surface area contributed by atoms with Crippen LogP contribution in [0.5, 0.6) is 0 Å². The van der Waals surface area contributed by atoms with Gasteiger partial charge in [0.15, 0.2) is 0 Å². The minimum atomic E-state index is -0.0243. The summed E-state index contributed by atoms with van der Waals surface area (Å²) in [7, 11) is 1.72. The number of ether oxygens (including phenoxy) is 1. The Balaban J connectivity index is 1.95. The Morgan fingerprint density at radius 3 is 3.00 bits per heavy atom. The summed E-state index contributed by atoms with van der Waals surface area (Å²) in [6.45, 7) is 0. The summed E-state index contributed by atoms with van der Waals surface area (Å²) in [5.74, 6) is 0.403. The first-order chi connectivity index (χ1) is 8.72. The molecule has 1 amide bonds. The number of nitrogens with one attached hydrogen (secondary N) is 1. The van der Waals surface area contributed by atoms with Gasteiger partial charge in [0.05, 0.1) is 6.10 Å². The number of carbonyl (C=O) groups excluding carboxylic acids is 1. The van der Waals surface area contributed by atoms with Gasteiger partial charge in [-0.2, -0.15) is 0 Å². The second kappa shape index (κ2) is 6.21. The maximum Gasteiger partial charge on any atom is 0.251 e. The van der Waals surface area contributed by atoms with E-state index in [1.54, 1.807) is 7.11 Å². The van der Waals surface area contributed by atoms with E-state index in [1.807, 2.05) is 24.3 Å². The van der Waals surface area contributed by atoms with Crippen molar-refractivity contribution in [2.24, 2.45) is 0 Å². The first-order valence-corrected chi connectivity index (χ1v) is 6.75. The van der Waals surface area contributed by atoms with Crippen LogP contribution >= 0.6 is 11.6 Å². The molecular weight excluding hydrogens is 250 g/mol. The highest BCUT2D eigenvalue weighted by molar-refractivity contribution is 6.17. The number of benzene rings is 1. The normalized spacial score (nSPS) is 23.0. The zero-order valence-electron chi connectivity index (χ0n) is 10.5. The van der Waals surface area contributed by atoms with Gasteiger partial charge in [-0.05, 0) is 37.0 Å².